The zero-order valence-corrected chi connectivity index (χ0v) is 11.7. The Balaban J connectivity index is 2.72. The summed E-state index contributed by atoms with van der Waals surface area (Å²) in [7, 11) is 5.22. The van der Waals surface area contributed by atoms with Crippen molar-refractivity contribution in [1.82, 2.24) is 14.7 Å². The van der Waals surface area contributed by atoms with E-state index in [0.29, 0.717) is 13.1 Å². The Kier molecular flexibility index (Phi) is 5.50. The molecule has 0 atom stereocenters. The number of rotatable bonds is 6. The summed E-state index contributed by atoms with van der Waals surface area (Å²) in [5.41, 5.74) is 5.97. The van der Waals surface area contributed by atoms with Crippen LogP contribution in [0, 0.1) is 0 Å². The maximum absolute atomic E-state index is 11.8. The van der Waals surface area contributed by atoms with E-state index in [1.165, 1.54) is 15.6 Å². The van der Waals surface area contributed by atoms with Crippen LogP contribution >= 0.6 is 0 Å². The second kappa shape index (κ2) is 6.89. The molecule has 2 N–H and O–H groups in total. The van der Waals surface area contributed by atoms with Crippen LogP contribution in [0.1, 0.15) is 6.42 Å². The summed E-state index contributed by atoms with van der Waals surface area (Å²) in [4.78, 5) is 26.7. The molecule has 0 aliphatic carbocycles. The first-order chi connectivity index (χ1) is 8.95. The molecular formula is C12H21N5O2. The highest BCUT2D eigenvalue weighted by atomic mass is 16.2. The summed E-state index contributed by atoms with van der Waals surface area (Å²) in [6.07, 6.45) is 1.87. The van der Waals surface area contributed by atoms with E-state index in [1.807, 2.05) is 11.9 Å². The molecule has 7 nitrogen and oxygen atoms in total. The maximum Gasteiger partial charge on any atom is 0.268 e. The Labute approximate surface area is 112 Å². The minimum Gasteiger partial charge on any atom is -0.372 e. The summed E-state index contributed by atoms with van der Waals surface area (Å²) in [6.45, 7) is 1.46. The summed E-state index contributed by atoms with van der Waals surface area (Å²) in [5.74, 6) is -0.0296. The average molecular weight is 267 g/mol. The largest absolute Gasteiger partial charge is 0.372 e. The van der Waals surface area contributed by atoms with Crippen LogP contribution in [0.5, 0.6) is 0 Å². The second-order valence-electron chi connectivity index (χ2n) is 4.52. The number of aromatic nitrogens is 2. The molecule has 0 saturated carbocycles. The minimum absolute atomic E-state index is 0.0296. The van der Waals surface area contributed by atoms with Gasteiger partial charge in [0.2, 0.25) is 5.91 Å². The van der Waals surface area contributed by atoms with Crippen molar-refractivity contribution in [1.29, 1.82) is 0 Å². The van der Waals surface area contributed by atoms with Gasteiger partial charge in [-0.3, -0.25) is 9.59 Å². The smallest absolute Gasteiger partial charge is 0.268 e. The lowest BCUT2D eigenvalue weighted by atomic mass is 10.3. The van der Waals surface area contributed by atoms with Gasteiger partial charge in [0.1, 0.15) is 0 Å². The molecule has 0 unspecified atom stereocenters. The van der Waals surface area contributed by atoms with E-state index < -0.39 is 0 Å². The van der Waals surface area contributed by atoms with Gasteiger partial charge in [-0.05, 0) is 0 Å². The highest BCUT2D eigenvalue weighted by Crippen LogP contribution is 2.05. The Morgan fingerprint density at radius 3 is 2.63 bits per heavy atom. The molecule has 0 aromatic carbocycles. The lowest BCUT2D eigenvalue weighted by Crippen LogP contribution is -2.30. The lowest BCUT2D eigenvalue weighted by molar-refractivity contribution is -0.128. The van der Waals surface area contributed by atoms with Crippen LogP contribution in [0.25, 0.3) is 0 Å². The number of amides is 1. The number of carbonyl (C=O) groups excluding carboxylic acids is 1. The van der Waals surface area contributed by atoms with Crippen molar-refractivity contribution in [3.8, 4) is 0 Å². The minimum atomic E-state index is -0.215. The van der Waals surface area contributed by atoms with Crippen LogP contribution in [0.15, 0.2) is 17.1 Å². The number of likely N-dealkylation sites (N-methyl/N-ethyl adjacent to an activating group) is 1. The molecule has 0 aliphatic heterocycles. The molecule has 0 aliphatic rings. The quantitative estimate of drug-likeness (QED) is 0.723. The first kappa shape index (κ1) is 15.2. The molecule has 0 saturated heterocycles. The second-order valence-corrected chi connectivity index (χ2v) is 4.52. The number of anilines is 1. The van der Waals surface area contributed by atoms with Crippen LogP contribution in [0.3, 0.4) is 0 Å². The van der Waals surface area contributed by atoms with Gasteiger partial charge in [-0.25, -0.2) is 4.68 Å². The molecule has 0 spiro atoms. The molecule has 19 heavy (non-hydrogen) atoms. The van der Waals surface area contributed by atoms with Crippen molar-refractivity contribution in [2.24, 2.45) is 5.73 Å². The fraction of sp³-hybridized carbons (Fsp3) is 0.583. The van der Waals surface area contributed by atoms with Crippen LogP contribution in [0.2, 0.25) is 0 Å². The fourth-order valence-corrected chi connectivity index (χ4v) is 1.55. The molecule has 106 valence electrons. The predicted octanol–water partition coefficient (Wildman–Crippen LogP) is -0.883. The number of carbonyl (C=O) groups is 1. The number of hydrogen-bond donors (Lipinski definition) is 1. The SMILES string of the molecule is CN(C)C(=O)CCn1ncc(N(C)CCN)cc1=O. The molecule has 1 aromatic rings. The van der Waals surface area contributed by atoms with E-state index in [0.717, 1.165) is 5.69 Å². The van der Waals surface area contributed by atoms with Gasteiger partial charge in [0.25, 0.3) is 5.56 Å². The predicted molar refractivity (Wildman–Crippen MR) is 74.1 cm³/mol. The molecule has 1 amide bonds. The number of hydrogen-bond acceptors (Lipinski definition) is 5. The van der Waals surface area contributed by atoms with Gasteiger partial charge in [0, 0.05) is 46.7 Å². The van der Waals surface area contributed by atoms with Gasteiger partial charge in [0.05, 0.1) is 18.4 Å². The van der Waals surface area contributed by atoms with Crippen molar-refractivity contribution < 1.29 is 4.79 Å². The van der Waals surface area contributed by atoms with Crippen molar-refractivity contribution in [3.63, 3.8) is 0 Å². The Morgan fingerprint density at radius 1 is 1.42 bits per heavy atom. The molecule has 1 aromatic heterocycles. The highest BCUT2D eigenvalue weighted by Gasteiger charge is 2.07. The van der Waals surface area contributed by atoms with E-state index in [9.17, 15) is 9.59 Å². The van der Waals surface area contributed by atoms with Gasteiger partial charge in [0.15, 0.2) is 0 Å². The van der Waals surface area contributed by atoms with Gasteiger partial charge >= 0.3 is 0 Å². The fourth-order valence-electron chi connectivity index (χ4n) is 1.55. The van der Waals surface area contributed by atoms with Gasteiger partial charge in [-0.15, -0.1) is 0 Å². The summed E-state index contributed by atoms with van der Waals surface area (Å²) in [5, 5.41) is 4.06. The third kappa shape index (κ3) is 4.36. The summed E-state index contributed by atoms with van der Waals surface area (Å²) >= 11 is 0. The van der Waals surface area contributed by atoms with Crippen molar-refractivity contribution in [2.75, 3.05) is 39.1 Å². The highest BCUT2D eigenvalue weighted by molar-refractivity contribution is 5.75. The standard InChI is InChI=1S/C12H21N5O2/c1-15(2)11(18)4-6-17-12(19)8-10(9-14-17)16(3)7-5-13/h8-9H,4-7,13H2,1-3H3. The van der Waals surface area contributed by atoms with Gasteiger partial charge in [-0.1, -0.05) is 0 Å². The Morgan fingerprint density at radius 2 is 2.11 bits per heavy atom. The zero-order valence-electron chi connectivity index (χ0n) is 11.7. The van der Waals surface area contributed by atoms with E-state index in [-0.39, 0.29) is 24.4 Å². The lowest BCUT2D eigenvalue weighted by Gasteiger charge is -2.17. The summed E-state index contributed by atoms with van der Waals surface area (Å²) in [6, 6.07) is 1.50. The van der Waals surface area contributed by atoms with Crippen LogP contribution in [-0.2, 0) is 11.3 Å². The summed E-state index contributed by atoms with van der Waals surface area (Å²) < 4.78 is 1.29. The first-order valence-electron chi connectivity index (χ1n) is 6.14. The number of nitrogens with zero attached hydrogens (tertiary/aromatic N) is 4. The molecule has 0 bridgehead atoms. The number of aryl methyl sites for hydroxylation is 1. The van der Waals surface area contributed by atoms with E-state index >= 15 is 0 Å². The molecule has 1 heterocycles. The maximum atomic E-state index is 11.8. The topological polar surface area (TPSA) is 84.5 Å². The van der Waals surface area contributed by atoms with Crippen molar-refractivity contribution >= 4 is 11.6 Å². The van der Waals surface area contributed by atoms with Crippen LogP contribution in [-0.4, -0.2) is 54.8 Å². The average Bonchev–Trinajstić information content (AvgIpc) is 2.36. The zero-order chi connectivity index (χ0) is 14.4. The third-order valence-electron chi connectivity index (χ3n) is 2.80. The van der Waals surface area contributed by atoms with Gasteiger partial charge in [-0.2, -0.15) is 5.10 Å². The molecule has 0 radical (unpaired) electrons. The molecule has 7 heteroatoms. The van der Waals surface area contributed by atoms with E-state index in [1.54, 1.807) is 20.3 Å². The normalized spacial score (nSPS) is 10.3. The van der Waals surface area contributed by atoms with Crippen molar-refractivity contribution in [3.05, 3.63) is 22.6 Å². The first-order valence-corrected chi connectivity index (χ1v) is 6.14. The molecule has 0 fully saturated rings. The van der Waals surface area contributed by atoms with E-state index in [2.05, 4.69) is 5.10 Å². The van der Waals surface area contributed by atoms with Crippen LogP contribution in [0.4, 0.5) is 5.69 Å². The molecule has 1 rings (SSSR count). The Hall–Kier alpha value is -1.89. The Bertz CT molecular complexity index is 483. The third-order valence-corrected chi connectivity index (χ3v) is 2.80. The van der Waals surface area contributed by atoms with Crippen LogP contribution < -0.4 is 16.2 Å². The monoisotopic (exact) mass is 267 g/mol. The van der Waals surface area contributed by atoms with E-state index in [4.69, 9.17) is 5.73 Å². The van der Waals surface area contributed by atoms with Gasteiger partial charge < -0.3 is 15.5 Å². The van der Waals surface area contributed by atoms with Crippen molar-refractivity contribution in [2.45, 2.75) is 13.0 Å². The molecular weight excluding hydrogens is 246 g/mol. The number of nitrogens with two attached hydrogens (primary N) is 1.